The summed E-state index contributed by atoms with van der Waals surface area (Å²) in [6.07, 6.45) is -3.89. The van der Waals surface area contributed by atoms with Crippen LogP contribution in [0.1, 0.15) is 44.2 Å². The monoisotopic (exact) mass is 359 g/mol. The van der Waals surface area contributed by atoms with Crippen molar-refractivity contribution < 1.29 is 22.8 Å². The molecule has 0 atom stereocenters. The molecule has 25 heavy (non-hydrogen) atoms. The normalized spacial score (nSPS) is 11.3. The minimum Gasteiger partial charge on any atom is -0.343 e. The second kappa shape index (κ2) is 9.41. The van der Waals surface area contributed by atoms with Crippen LogP contribution in [0.4, 0.5) is 18.9 Å². The van der Waals surface area contributed by atoms with E-state index in [0.29, 0.717) is 19.5 Å². The summed E-state index contributed by atoms with van der Waals surface area (Å²) in [5.74, 6) is -0.475. The van der Waals surface area contributed by atoms with Gasteiger partial charge in [-0.2, -0.15) is 13.2 Å². The van der Waals surface area contributed by atoms with E-state index in [4.69, 9.17) is 5.73 Å². The Morgan fingerprint density at radius 1 is 1.12 bits per heavy atom. The van der Waals surface area contributed by atoms with Gasteiger partial charge in [-0.25, -0.2) is 0 Å². The number of nitrogens with one attached hydrogen (secondary N) is 1. The van der Waals surface area contributed by atoms with Gasteiger partial charge in [-0.3, -0.25) is 9.59 Å². The van der Waals surface area contributed by atoms with Crippen LogP contribution in [0.25, 0.3) is 0 Å². The van der Waals surface area contributed by atoms with Crippen molar-refractivity contribution in [3.63, 3.8) is 0 Å². The first kappa shape index (κ1) is 21.0. The summed E-state index contributed by atoms with van der Waals surface area (Å²) in [5, 5.41) is 2.44. The van der Waals surface area contributed by atoms with E-state index in [9.17, 15) is 22.8 Å². The average Bonchev–Trinajstić information content (AvgIpc) is 2.54. The fourth-order valence-electron chi connectivity index (χ4n) is 2.40. The molecular weight excluding hydrogens is 335 g/mol. The van der Waals surface area contributed by atoms with Gasteiger partial charge in [-0.05, 0) is 44.0 Å². The highest BCUT2D eigenvalue weighted by Crippen LogP contribution is 2.32. The zero-order valence-corrected chi connectivity index (χ0v) is 14.4. The maximum atomic E-state index is 12.9. The van der Waals surface area contributed by atoms with Gasteiger partial charge in [0.15, 0.2) is 0 Å². The summed E-state index contributed by atoms with van der Waals surface area (Å²) in [4.78, 5) is 25.4. The Bertz CT molecular complexity index is 599. The van der Waals surface area contributed by atoms with Crippen LogP contribution >= 0.6 is 0 Å². The molecule has 2 amide bonds. The largest absolute Gasteiger partial charge is 0.416 e. The predicted octanol–water partition coefficient (Wildman–Crippen LogP) is 3.14. The molecule has 0 bridgehead atoms. The first-order valence-corrected chi connectivity index (χ1v) is 8.20. The minimum absolute atomic E-state index is 0.0395. The van der Waals surface area contributed by atoms with Crippen molar-refractivity contribution in [2.24, 2.45) is 5.73 Å². The van der Waals surface area contributed by atoms with Crippen molar-refractivity contribution in [1.29, 1.82) is 0 Å². The predicted molar refractivity (Wildman–Crippen MR) is 89.7 cm³/mol. The van der Waals surface area contributed by atoms with Crippen LogP contribution < -0.4 is 11.1 Å². The van der Waals surface area contributed by atoms with Crippen molar-refractivity contribution >= 4 is 17.5 Å². The lowest BCUT2D eigenvalue weighted by atomic mass is 10.1. The Morgan fingerprint density at radius 2 is 1.76 bits per heavy atom. The van der Waals surface area contributed by atoms with E-state index < -0.39 is 17.6 Å². The molecule has 0 aliphatic carbocycles. The first-order chi connectivity index (χ1) is 11.7. The summed E-state index contributed by atoms with van der Waals surface area (Å²) < 4.78 is 38.6. The van der Waals surface area contributed by atoms with Gasteiger partial charge < -0.3 is 16.0 Å². The number of rotatable bonds is 8. The van der Waals surface area contributed by atoms with E-state index in [2.05, 4.69) is 5.32 Å². The van der Waals surface area contributed by atoms with Crippen LogP contribution in [-0.2, 0) is 22.3 Å². The quantitative estimate of drug-likeness (QED) is 0.749. The summed E-state index contributed by atoms with van der Waals surface area (Å²) in [6, 6.07) is 3.24. The van der Waals surface area contributed by atoms with Crippen LogP contribution in [0.15, 0.2) is 18.2 Å². The smallest absolute Gasteiger partial charge is 0.343 e. The van der Waals surface area contributed by atoms with Crippen LogP contribution in [0.5, 0.6) is 0 Å². The van der Waals surface area contributed by atoms with Gasteiger partial charge >= 0.3 is 6.18 Å². The third-order valence-corrected chi connectivity index (χ3v) is 3.75. The van der Waals surface area contributed by atoms with Crippen molar-refractivity contribution in [2.75, 3.05) is 18.4 Å². The summed E-state index contributed by atoms with van der Waals surface area (Å²) in [6.45, 7) is 4.89. The number of anilines is 1. The number of nitrogens with two attached hydrogens (primary N) is 1. The number of nitrogens with zero attached hydrogens (tertiary/aromatic N) is 1. The van der Waals surface area contributed by atoms with Crippen LogP contribution in [0.3, 0.4) is 0 Å². The molecule has 1 aromatic carbocycles. The van der Waals surface area contributed by atoms with Crippen molar-refractivity contribution in [1.82, 2.24) is 4.90 Å². The second-order valence-corrected chi connectivity index (χ2v) is 5.59. The molecule has 0 fully saturated rings. The van der Waals surface area contributed by atoms with Gasteiger partial charge in [0.1, 0.15) is 0 Å². The number of amides is 2. The summed E-state index contributed by atoms with van der Waals surface area (Å²) >= 11 is 0. The Labute approximate surface area is 145 Å². The third-order valence-electron chi connectivity index (χ3n) is 3.75. The van der Waals surface area contributed by atoms with Crippen molar-refractivity contribution in [3.05, 3.63) is 29.3 Å². The van der Waals surface area contributed by atoms with Gasteiger partial charge in [0.2, 0.25) is 11.8 Å². The lowest BCUT2D eigenvalue weighted by Crippen LogP contribution is -2.30. The molecule has 0 aromatic heterocycles. The van der Waals surface area contributed by atoms with Gasteiger partial charge in [-0.1, -0.05) is 0 Å². The van der Waals surface area contributed by atoms with Crippen molar-refractivity contribution in [3.8, 4) is 0 Å². The van der Waals surface area contributed by atoms with Crippen LogP contribution in [0.2, 0.25) is 0 Å². The minimum atomic E-state index is -4.51. The van der Waals surface area contributed by atoms with Crippen LogP contribution in [-0.4, -0.2) is 29.8 Å². The number of hydrogen-bond donors (Lipinski definition) is 2. The molecule has 0 saturated heterocycles. The highest BCUT2D eigenvalue weighted by atomic mass is 19.4. The number of alkyl halides is 3. The molecule has 140 valence electrons. The highest BCUT2D eigenvalue weighted by Gasteiger charge is 2.31. The number of carbonyl (C=O) groups is 2. The van der Waals surface area contributed by atoms with E-state index in [-0.39, 0.29) is 36.5 Å². The molecule has 0 aliphatic heterocycles. The molecule has 1 aromatic rings. The maximum Gasteiger partial charge on any atom is 0.416 e. The topological polar surface area (TPSA) is 75.4 Å². The molecule has 0 unspecified atom stereocenters. The zero-order chi connectivity index (χ0) is 19.0. The molecule has 0 radical (unpaired) electrons. The second-order valence-electron chi connectivity index (χ2n) is 5.59. The molecule has 8 heteroatoms. The van der Waals surface area contributed by atoms with Gasteiger partial charge in [0, 0.05) is 38.2 Å². The summed E-state index contributed by atoms with van der Waals surface area (Å²) in [7, 11) is 0. The lowest BCUT2D eigenvalue weighted by Gasteiger charge is -2.18. The Hall–Kier alpha value is -2.09. The van der Waals surface area contributed by atoms with E-state index in [1.54, 1.807) is 4.90 Å². The standard InChI is InChI=1S/C17H24F3N3O2/c1-3-23(4-2)16(25)7-5-6-15(24)22-14-9-12(11-21)8-13(10-14)17(18,19)20/h8-10H,3-7,11,21H2,1-2H3,(H,22,24). The van der Waals surface area contributed by atoms with Gasteiger partial charge in [0.05, 0.1) is 5.56 Å². The molecule has 0 heterocycles. The van der Waals surface area contributed by atoms with Crippen molar-refractivity contribution in [2.45, 2.75) is 45.8 Å². The number of carbonyl (C=O) groups excluding carboxylic acids is 2. The molecule has 3 N–H and O–H groups in total. The Kier molecular flexibility index (Phi) is 7.89. The molecule has 0 aliphatic rings. The SMILES string of the molecule is CCN(CC)C(=O)CCCC(=O)Nc1cc(CN)cc(C(F)(F)F)c1. The van der Waals surface area contributed by atoms with E-state index in [1.165, 1.54) is 6.07 Å². The highest BCUT2D eigenvalue weighted by molar-refractivity contribution is 5.91. The number of halogens is 3. The Morgan fingerprint density at radius 3 is 2.28 bits per heavy atom. The number of benzene rings is 1. The zero-order valence-electron chi connectivity index (χ0n) is 14.4. The Balaban J connectivity index is 2.64. The third kappa shape index (κ3) is 6.74. The molecule has 0 saturated carbocycles. The van der Waals surface area contributed by atoms with Gasteiger partial charge in [0.25, 0.3) is 0 Å². The first-order valence-electron chi connectivity index (χ1n) is 8.20. The van der Waals surface area contributed by atoms with E-state index in [0.717, 1.165) is 12.1 Å². The van der Waals surface area contributed by atoms with Gasteiger partial charge in [-0.15, -0.1) is 0 Å². The fourth-order valence-corrected chi connectivity index (χ4v) is 2.40. The molecule has 1 rings (SSSR count). The van der Waals surface area contributed by atoms with E-state index >= 15 is 0 Å². The molecule has 0 spiro atoms. The maximum absolute atomic E-state index is 12.9. The van der Waals surface area contributed by atoms with Crippen LogP contribution in [0, 0.1) is 0 Å². The average molecular weight is 359 g/mol. The number of hydrogen-bond acceptors (Lipinski definition) is 3. The summed E-state index contributed by atoms with van der Waals surface area (Å²) in [5.41, 5.74) is 4.88. The molecular formula is C17H24F3N3O2. The fraction of sp³-hybridized carbons (Fsp3) is 0.529. The van der Waals surface area contributed by atoms with E-state index in [1.807, 2.05) is 13.8 Å². The molecule has 5 nitrogen and oxygen atoms in total. The lowest BCUT2D eigenvalue weighted by molar-refractivity contribution is -0.137.